The van der Waals surface area contributed by atoms with Crippen LogP contribution in [0.15, 0.2) is 88.7 Å². The average Bonchev–Trinajstić information content (AvgIpc) is 3.14. The Kier molecular flexibility index (Phi) is 5.65. The SMILES string of the molecule is Nc1c(S(=O)(=O)c2ccccc2)c2nc3ccccc3nc2n1CCNC(=O)c1ccccc1F. The maximum Gasteiger partial charge on any atom is 0.254 e. The maximum absolute atomic E-state index is 13.9. The number of nitrogens with zero attached hydrogens (tertiary/aromatic N) is 3. The third-order valence-electron chi connectivity index (χ3n) is 5.61. The van der Waals surface area contributed by atoms with Gasteiger partial charge >= 0.3 is 0 Å². The molecule has 0 bridgehead atoms. The Morgan fingerprint density at radius 3 is 2.26 bits per heavy atom. The number of carbonyl (C=O) groups is 1. The van der Waals surface area contributed by atoms with Crippen LogP contribution >= 0.6 is 0 Å². The third-order valence-corrected chi connectivity index (χ3v) is 7.44. The van der Waals surface area contributed by atoms with Gasteiger partial charge in [0.15, 0.2) is 5.65 Å². The van der Waals surface area contributed by atoms with Gasteiger partial charge in [-0.3, -0.25) is 4.79 Å². The third kappa shape index (κ3) is 3.97. The molecule has 35 heavy (non-hydrogen) atoms. The van der Waals surface area contributed by atoms with Crippen molar-refractivity contribution in [1.82, 2.24) is 19.9 Å². The van der Waals surface area contributed by atoms with Crippen molar-refractivity contribution in [3.05, 3.63) is 90.2 Å². The first kappa shape index (κ1) is 22.5. The molecule has 2 heterocycles. The fourth-order valence-electron chi connectivity index (χ4n) is 3.92. The van der Waals surface area contributed by atoms with Crippen molar-refractivity contribution < 1.29 is 17.6 Å². The van der Waals surface area contributed by atoms with Crippen LogP contribution in [0, 0.1) is 5.82 Å². The van der Waals surface area contributed by atoms with Crippen molar-refractivity contribution in [2.24, 2.45) is 0 Å². The van der Waals surface area contributed by atoms with Gasteiger partial charge in [-0.1, -0.05) is 42.5 Å². The van der Waals surface area contributed by atoms with Crippen molar-refractivity contribution in [1.29, 1.82) is 0 Å². The lowest BCUT2D eigenvalue weighted by Crippen LogP contribution is -2.28. The summed E-state index contributed by atoms with van der Waals surface area (Å²) in [5.41, 5.74) is 7.81. The highest BCUT2D eigenvalue weighted by Gasteiger charge is 2.30. The second kappa shape index (κ2) is 8.80. The van der Waals surface area contributed by atoms with E-state index in [-0.39, 0.29) is 45.4 Å². The smallest absolute Gasteiger partial charge is 0.254 e. The first-order chi connectivity index (χ1) is 16.9. The topological polar surface area (TPSA) is 120 Å². The van der Waals surface area contributed by atoms with Gasteiger partial charge in [0.2, 0.25) is 9.84 Å². The Labute approximate surface area is 200 Å². The maximum atomic E-state index is 13.9. The number of amides is 1. The van der Waals surface area contributed by atoms with Gasteiger partial charge in [-0.2, -0.15) is 0 Å². The molecule has 0 saturated carbocycles. The van der Waals surface area contributed by atoms with E-state index in [9.17, 15) is 17.6 Å². The highest BCUT2D eigenvalue weighted by atomic mass is 32.2. The van der Waals surface area contributed by atoms with Gasteiger partial charge in [0.25, 0.3) is 5.91 Å². The number of sulfone groups is 1. The number of fused-ring (bicyclic) bond motifs is 2. The summed E-state index contributed by atoms with van der Waals surface area (Å²) in [6.07, 6.45) is 0. The molecule has 3 N–H and O–H groups in total. The molecule has 0 saturated heterocycles. The normalized spacial score (nSPS) is 11.7. The Morgan fingerprint density at radius 1 is 0.914 bits per heavy atom. The van der Waals surface area contributed by atoms with Crippen LogP contribution in [0.1, 0.15) is 10.4 Å². The van der Waals surface area contributed by atoms with Crippen LogP contribution in [0.4, 0.5) is 10.2 Å². The summed E-state index contributed by atoms with van der Waals surface area (Å²) in [5, 5.41) is 2.64. The van der Waals surface area contributed by atoms with Crippen LogP contribution < -0.4 is 11.1 Å². The zero-order chi connectivity index (χ0) is 24.6. The number of para-hydroxylation sites is 2. The zero-order valence-corrected chi connectivity index (χ0v) is 19.2. The fraction of sp³-hybridized carbons (Fsp3) is 0.0800. The van der Waals surface area contributed by atoms with E-state index >= 15 is 0 Å². The number of halogens is 1. The molecular formula is C25H20FN5O3S. The minimum Gasteiger partial charge on any atom is -0.384 e. The average molecular weight is 490 g/mol. The van der Waals surface area contributed by atoms with E-state index in [1.165, 1.54) is 34.9 Å². The molecule has 2 aromatic heterocycles. The number of hydrogen-bond donors (Lipinski definition) is 2. The zero-order valence-electron chi connectivity index (χ0n) is 18.3. The van der Waals surface area contributed by atoms with E-state index in [0.717, 1.165) is 0 Å². The summed E-state index contributed by atoms with van der Waals surface area (Å²) in [6.45, 7) is 0.153. The molecule has 0 spiro atoms. The quantitative estimate of drug-likeness (QED) is 0.376. The van der Waals surface area contributed by atoms with E-state index in [0.29, 0.717) is 11.0 Å². The molecule has 0 aliphatic carbocycles. The monoisotopic (exact) mass is 489 g/mol. The van der Waals surface area contributed by atoms with Gasteiger partial charge in [-0.25, -0.2) is 22.8 Å². The molecule has 5 aromatic rings. The summed E-state index contributed by atoms with van der Waals surface area (Å²) in [7, 11) is -4.02. The van der Waals surface area contributed by atoms with Gasteiger partial charge < -0.3 is 15.6 Å². The molecule has 3 aromatic carbocycles. The number of carbonyl (C=O) groups excluding carboxylic acids is 1. The Morgan fingerprint density at radius 2 is 1.54 bits per heavy atom. The number of hydrogen-bond acceptors (Lipinski definition) is 6. The van der Waals surface area contributed by atoms with Crippen molar-refractivity contribution in [3.63, 3.8) is 0 Å². The summed E-state index contributed by atoms with van der Waals surface area (Å²) in [6, 6.07) is 20.7. The largest absolute Gasteiger partial charge is 0.384 e. The van der Waals surface area contributed by atoms with Crippen LogP contribution in [0.3, 0.4) is 0 Å². The minimum atomic E-state index is -4.02. The Balaban J connectivity index is 1.58. The molecule has 10 heteroatoms. The summed E-state index contributed by atoms with van der Waals surface area (Å²) < 4.78 is 42.5. The summed E-state index contributed by atoms with van der Waals surface area (Å²) in [5.74, 6) is -1.27. The second-order valence-electron chi connectivity index (χ2n) is 7.80. The Bertz CT molecular complexity index is 1680. The van der Waals surface area contributed by atoms with E-state index in [1.807, 2.05) is 0 Å². The number of nitrogens with one attached hydrogen (secondary N) is 1. The van der Waals surface area contributed by atoms with E-state index < -0.39 is 21.6 Å². The number of anilines is 1. The van der Waals surface area contributed by atoms with Crippen molar-refractivity contribution >= 4 is 43.8 Å². The van der Waals surface area contributed by atoms with Gasteiger partial charge in [0.1, 0.15) is 22.0 Å². The van der Waals surface area contributed by atoms with Gasteiger partial charge in [-0.05, 0) is 36.4 Å². The summed E-state index contributed by atoms with van der Waals surface area (Å²) in [4.78, 5) is 21.5. The molecule has 0 aliphatic heterocycles. The Hall–Kier alpha value is -4.31. The van der Waals surface area contributed by atoms with Crippen LogP contribution in [-0.4, -0.2) is 35.4 Å². The predicted molar refractivity (Wildman–Crippen MR) is 130 cm³/mol. The first-order valence-electron chi connectivity index (χ1n) is 10.8. The van der Waals surface area contributed by atoms with E-state index in [4.69, 9.17) is 5.73 Å². The lowest BCUT2D eigenvalue weighted by Gasteiger charge is -2.10. The van der Waals surface area contributed by atoms with E-state index in [1.54, 1.807) is 48.5 Å². The van der Waals surface area contributed by atoms with Crippen LogP contribution in [-0.2, 0) is 16.4 Å². The lowest BCUT2D eigenvalue weighted by molar-refractivity contribution is 0.0948. The predicted octanol–water partition coefficient (Wildman–Crippen LogP) is 3.57. The molecule has 0 fully saturated rings. The lowest BCUT2D eigenvalue weighted by atomic mass is 10.2. The minimum absolute atomic E-state index is 0.0423. The van der Waals surface area contributed by atoms with E-state index in [2.05, 4.69) is 15.3 Å². The molecule has 176 valence electrons. The van der Waals surface area contributed by atoms with Gasteiger partial charge in [0, 0.05) is 13.1 Å². The molecule has 8 nitrogen and oxygen atoms in total. The standard InChI is InChI=1S/C25H20FN5O3S/c26-18-11-5-4-10-17(18)25(32)28-14-15-31-23(27)22(35(33,34)16-8-2-1-3-9-16)21-24(31)30-20-13-7-6-12-19(20)29-21/h1-13H,14-15,27H2,(H,28,32). The highest BCUT2D eigenvalue weighted by molar-refractivity contribution is 7.92. The molecule has 1 amide bonds. The number of rotatable bonds is 6. The number of aromatic nitrogens is 3. The number of nitrogens with two attached hydrogens (primary N) is 1. The van der Waals surface area contributed by atoms with Crippen molar-refractivity contribution in [3.8, 4) is 0 Å². The second-order valence-corrected chi connectivity index (χ2v) is 9.69. The number of nitrogen functional groups attached to an aromatic ring is 1. The molecule has 0 aliphatic rings. The molecule has 0 radical (unpaired) electrons. The molecule has 0 unspecified atom stereocenters. The molecule has 5 rings (SSSR count). The molecule has 0 atom stereocenters. The fourth-order valence-corrected chi connectivity index (χ4v) is 5.45. The molecular weight excluding hydrogens is 469 g/mol. The number of benzene rings is 3. The van der Waals surface area contributed by atoms with Gasteiger partial charge in [-0.15, -0.1) is 0 Å². The van der Waals surface area contributed by atoms with Crippen molar-refractivity contribution in [2.45, 2.75) is 16.3 Å². The van der Waals surface area contributed by atoms with Gasteiger partial charge in [0.05, 0.1) is 21.5 Å². The van der Waals surface area contributed by atoms with Crippen LogP contribution in [0.25, 0.3) is 22.2 Å². The van der Waals surface area contributed by atoms with Crippen molar-refractivity contribution in [2.75, 3.05) is 12.3 Å². The highest BCUT2D eigenvalue weighted by Crippen LogP contribution is 2.35. The van der Waals surface area contributed by atoms with Crippen LogP contribution in [0.2, 0.25) is 0 Å². The van der Waals surface area contributed by atoms with Crippen LogP contribution in [0.5, 0.6) is 0 Å². The summed E-state index contributed by atoms with van der Waals surface area (Å²) >= 11 is 0. The first-order valence-corrected chi connectivity index (χ1v) is 12.2.